The van der Waals surface area contributed by atoms with Gasteiger partial charge in [-0.2, -0.15) is 5.21 Å². The number of carboxylic acid groups (broad SMARTS) is 1. The van der Waals surface area contributed by atoms with Crippen LogP contribution in [0.5, 0.6) is 0 Å². The number of nitrogens with zero attached hydrogens (tertiary/aromatic N) is 5. The number of imidazole rings is 1. The third-order valence-corrected chi connectivity index (χ3v) is 5.75. The maximum absolute atomic E-state index is 12.3. The SMILES string of the molecule is CC(=O)c1nc2c(n1Cc1ccc(-c3ccccc3-c3nn[nH]n3)cc1)C(C(=O)O)NCC2. The Bertz CT molecular complexity index is 1330. The van der Waals surface area contributed by atoms with E-state index < -0.39 is 12.0 Å². The van der Waals surface area contributed by atoms with Crippen molar-refractivity contribution in [2.45, 2.75) is 25.9 Å². The van der Waals surface area contributed by atoms with E-state index in [2.05, 4.69) is 30.9 Å². The number of nitrogens with one attached hydrogen (secondary N) is 2. The number of tetrazole rings is 1. The molecule has 0 spiro atoms. The number of ketones is 1. The zero-order valence-electron chi connectivity index (χ0n) is 17.8. The van der Waals surface area contributed by atoms with Crippen LogP contribution in [-0.2, 0) is 17.8 Å². The van der Waals surface area contributed by atoms with E-state index in [-0.39, 0.29) is 11.6 Å². The van der Waals surface area contributed by atoms with Gasteiger partial charge >= 0.3 is 5.97 Å². The van der Waals surface area contributed by atoms with E-state index in [1.165, 1.54) is 6.92 Å². The number of hydrogen-bond acceptors (Lipinski definition) is 7. The van der Waals surface area contributed by atoms with Crippen molar-refractivity contribution in [1.82, 2.24) is 35.5 Å². The van der Waals surface area contributed by atoms with Crippen molar-refractivity contribution in [3.63, 3.8) is 0 Å². The summed E-state index contributed by atoms with van der Waals surface area (Å²) >= 11 is 0. The Balaban J connectivity index is 1.50. The Hall–Kier alpha value is -4.18. The molecule has 1 aliphatic rings. The predicted octanol–water partition coefficient (Wildman–Crippen LogP) is 2.25. The second-order valence-corrected chi connectivity index (χ2v) is 7.86. The molecule has 1 unspecified atom stereocenters. The number of Topliss-reactive ketones (excluding diaryl/α,β-unsaturated/α-hetero) is 1. The van der Waals surface area contributed by atoms with Crippen LogP contribution in [0.1, 0.15) is 40.5 Å². The van der Waals surface area contributed by atoms with Crippen LogP contribution in [0.3, 0.4) is 0 Å². The van der Waals surface area contributed by atoms with Crippen LogP contribution in [0.25, 0.3) is 22.5 Å². The summed E-state index contributed by atoms with van der Waals surface area (Å²) in [7, 11) is 0. The molecule has 166 valence electrons. The number of carboxylic acids is 1. The van der Waals surface area contributed by atoms with Gasteiger partial charge in [-0.05, 0) is 21.9 Å². The first kappa shape index (κ1) is 20.7. The highest BCUT2D eigenvalue weighted by molar-refractivity contribution is 5.91. The van der Waals surface area contributed by atoms with Crippen molar-refractivity contribution >= 4 is 11.8 Å². The maximum atomic E-state index is 12.3. The van der Waals surface area contributed by atoms with Gasteiger partial charge in [0.15, 0.2) is 11.6 Å². The highest BCUT2D eigenvalue weighted by atomic mass is 16.4. The molecule has 0 saturated carbocycles. The molecule has 0 aliphatic carbocycles. The Morgan fingerprint density at radius 1 is 1.12 bits per heavy atom. The van der Waals surface area contributed by atoms with Crippen molar-refractivity contribution in [3.8, 4) is 22.5 Å². The summed E-state index contributed by atoms with van der Waals surface area (Å²) in [5.41, 5.74) is 4.93. The summed E-state index contributed by atoms with van der Waals surface area (Å²) in [6.07, 6.45) is 0.582. The van der Waals surface area contributed by atoms with Gasteiger partial charge in [-0.15, -0.1) is 10.2 Å². The van der Waals surface area contributed by atoms with Crippen LogP contribution in [0.4, 0.5) is 0 Å². The molecule has 2 aromatic heterocycles. The standard InChI is InChI=1S/C23H21N7O3/c1-13(31)22-25-18-10-11-24-19(23(32)33)20(18)30(22)12-14-6-8-15(9-7-14)16-4-2-3-5-17(16)21-26-28-29-27-21/h2-9,19,24H,10-12H2,1H3,(H,32,33)(H,26,27,28,29). The zero-order chi connectivity index (χ0) is 22.9. The first-order chi connectivity index (χ1) is 16.0. The first-order valence-corrected chi connectivity index (χ1v) is 10.5. The van der Waals surface area contributed by atoms with Gasteiger partial charge in [-0.3, -0.25) is 14.9 Å². The van der Waals surface area contributed by atoms with E-state index in [4.69, 9.17) is 0 Å². The molecule has 0 fully saturated rings. The number of benzene rings is 2. The van der Waals surface area contributed by atoms with Crippen LogP contribution in [0, 0.1) is 0 Å². The summed E-state index contributed by atoms with van der Waals surface area (Å²) in [5, 5.41) is 27.0. The van der Waals surface area contributed by atoms with Crippen LogP contribution >= 0.6 is 0 Å². The number of aromatic amines is 1. The van der Waals surface area contributed by atoms with Crippen molar-refractivity contribution in [1.29, 1.82) is 0 Å². The van der Waals surface area contributed by atoms with Gasteiger partial charge in [0.25, 0.3) is 0 Å². The van der Waals surface area contributed by atoms with Crippen LogP contribution in [-0.4, -0.2) is 53.6 Å². The third kappa shape index (κ3) is 3.80. The van der Waals surface area contributed by atoms with Gasteiger partial charge in [0.1, 0.15) is 6.04 Å². The Morgan fingerprint density at radius 3 is 2.55 bits per heavy atom. The summed E-state index contributed by atoms with van der Waals surface area (Å²) in [6.45, 7) is 2.30. The van der Waals surface area contributed by atoms with Crippen molar-refractivity contribution in [2.75, 3.05) is 6.54 Å². The molecule has 5 rings (SSSR count). The van der Waals surface area contributed by atoms with E-state index in [0.717, 1.165) is 22.3 Å². The van der Waals surface area contributed by atoms with Gasteiger partial charge in [-0.25, -0.2) is 4.98 Å². The Kier molecular flexibility index (Phi) is 5.27. The second kappa shape index (κ2) is 8.40. The Morgan fingerprint density at radius 2 is 1.88 bits per heavy atom. The normalized spacial score (nSPS) is 15.2. The van der Waals surface area contributed by atoms with Gasteiger partial charge in [0, 0.05) is 32.0 Å². The summed E-state index contributed by atoms with van der Waals surface area (Å²) in [5.74, 6) is -0.390. The van der Waals surface area contributed by atoms with E-state index in [1.54, 1.807) is 4.57 Å². The smallest absolute Gasteiger partial charge is 0.326 e. The number of aromatic nitrogens is 6. The number of H-pyrrole nitrogens is 1. The molecule has 3 N–H and O–H groups in total. The lowest BCUT2D eigenvalue weighted by Gasteiger charge is -2.23. The molecule has 1 aliphatic heterocycles. The molecule has 0 radical (unpaired) electrons. The topological polar surface area (TPSA) is 139 Å². The third-order valence-electron chi connectivity index (χ3n) is 5.75. The van der Waals surface area contributed by atoms with Crippen LogP contribution < -0.4 is 5.32 Å². The highest BCUT2D eigenvalue weighted by Gasteiger charge is 2.33. The molecule has 33 heavy (non-hydrogen) atoms. The lowest BCUT2D eigenvalue weighted by molar-refractivity contribution is -0.140. The molecule has 0 amide bonds. The second-order valence-electron chi connectivity index (χ2n) is 7.86. The fourth-order valence-electron chi connectivity index (χ4n) is 4.26. The zero-order valence-corrected chi connectivity index (χ0v) is 17.8. The number of hydrogen-bond donors (Lipinski definition) is 3. The number of carbonyl (C=O) groups is 2. The van der Waals surface area contributed by atoms with Gasteiger partial charge < -0.3 is 9.67 Å². The van der Waals surface area contributed by atoms with Crippen molar-refractivity contribution < 1.29 is 14.7 Å². The van der Waals surface area contributed by atoms with E-state index in [9.17, 15) is 14.7 Å². The molecule has 4 aromatic rings. The fourth-order valence-corrected chi connectivity index (χ4v) is 4.26. The average Bonchev–Trinajstić information content (AvgIpc) is 3.48. The number of rotatable bonds is 6. The number of aliphatic carboxylic acids is 1. The predicted molar refractivity (Wildman–Crippen MR) is 118 cm³/mol. The summed E-state index contributed by atoms with van der Waals surface area (Å²) in [4.78, 5) is 28.6. The average molecular weight is 443 g/mol. The van der Waals surface area contributed by atoms with Gasteiger partial charge in [0.05, 0.1) is 11.4 Å². The molecule has 2 aromatic carbocycles. The first-order valence-electron chi connectivity index (χ1n) is 10.5. The van der Waals surface area contributed by atoms with Gasteiger partial charge in [-0.1, -0.05) is 48.5 Å². The highest BCUT2D eigenvalue weighted by Crippen LogP contribution is 2.30. The summed E-state index contributed by atoms with van der Waals surface area (Å²) < 4.78 is 1.73. The lowest BCUT2D eigenvalue weighted by atomic mass is 9.98. The molecule has 10 heteroatoms. The Labute approximate surface area is 188 Å². The van der Waals surface area contributed by atoms with Crippen LogP contribution in [0.2, 0.25) is 0 Å². The minimum Gasteiger partial charge on any atom is -0.480 e. The monoisotopic (exact) mass is 443 g/mol. The lowest BCUT2D eigenvalue weighted by Crippen LogP contribution is -2.36. The minimum atomic E-state index is -0.986. The quantitative estimate of drug-likeness (QED) is 0.386. The van der Waals surface area contributed by atoms with Crippen LogP contribution in [0.15, 0.2) is 48.5 Å². The molecule has 0 saturated heterocycles. The molecule has 0 bridgehead atoms. The van der Waals surface area contributed by atoms with Crippen molar-refractivity contribution in [3.05, 3.63) is 71.3 Å². The van der Waals surface area contributed by atoms with Crippen molar-refractivity contribution in [2.24, 2.45) is 0 Å². The number of fused-ring (bicyclic) bond motifs is 1. The fraction of sp³-hybridized carbons (Fsp3) is 0.217. The van der Waals surface area contributed by atoms with Gasteiger partial charge in [0.2, 0.25) is 5.82 Å². The minimum absolute atomic E-state index is 0.195. The molecule has 10 nitrogen and oxygen atoms in total. The number of carbonyl (C=O) groups excluding carboxylic acids is 1. The van der Waals surface area contributed by atoms with E-state index >= 15 is 0 Å². The molecule has 1 atom stereocenters. The van der Waals surface area contributed by atoms with E-state index in [0.29, 0.717) is 36.7 Å². The molecular weight excluding hydrogens is 422 g/mol. The van der Waals surface area contributed by atoms with E-state index in [1.807, 2.05) is 48.5 Å². The molecular formula is C23H21N7O3. The molecule has 3 heterocycles. The maximum Gasteiger partial charge on any atom is 0.326 e. The summed E-state index contributed by atoms with van der Waals surface area (Å²) in [6, 6.07) is 14.8. The largest absolute Gasteiger partial charge is 0.480 e.